The number of hydrogen-bond donors (Lipinski definition) is 1. The lowest BCUT2D eigenvalue weighted by atomic mass is 10.1. The molecule has 0 unspecified atom stereocenters. The Labute approximate surface area is 102 Å². The number of carbonyl (C=O) groups excluding carboxylic acids is 1. The molecule has 0 aromatic heterocycles. The van der Waals surface area contributed by atoms with Crippen LogP contribution in [-0.4, -0.2) is 33.2 Å². The van der Waals surface area contributed by atoms with Gasteiger partial charge < -0.3 is 15.0 Å². The van der Waals surface area contributed by atoms with Crippen molar-refractivity contribution >= 4 is 11.6 Å². The quantitative estimate of drug-likeness (QED) is 0.861. The molecule has 1 aliphatic rings. The van der Waals surface area contributed by atoms with Crippen molar-refractivity contribution < 1.29 is 9.53 Å². The molecule has 1 saturated carbocycles. The van der Waals surface area contributed by atoms with Crippen molar-refractivity contribution in [1.82, 2.24) is 5.32 Å². The SMILES string of the molecule is CNC(=O)c1cc(OC2CC2)ccc1N(C)C. The van der Waals surface area contributed by atoms with E-state index in [0.29, 0.717) is 11.7 Å². The van der Waals surface area contributed by atoms with E-state index in [4.69, 9.17) is 4.74 Å². The number of carbonyl (C=O) groups is 1. The largest absolute Gasteiger partial charge is 0.490 e. The summed E-state index contributed by atoms with van der Waals surface area (Å²) in [5.41, 5.74) is 1.54. The summed E-state index contributed by atoms with van der Waals surface area (Å²) in [7, 11) is 5.47. The van der Waals surface area contributed by atoms with Crippen molar-refractivity contribution in [3.63, 3.8) is 0 Å². The molecular weight excluding hydrogens is 216 g/mol. The van der Waals surface area contributed by atoms with Crippen molar-refractivity contribution in [2.45, 2.75) is 18.9 Å². The molecule has 2 rings (SSSR count). The van der Waals surface area contributed by atoms with Gasteiger partial charge in [-0.3, -0.25) is 4.79 Å². The van der Waals surface area contributed by atoms with Crippen LogP contribution < -0.4 is 15.0 Å². The lowest BCUT2D eigenvalue weighted by Gasteiger charge is -2.17. The second-order valence-corrected chi connectivity index (χ2v) is 4.47. The van der Waals surface area contributed by atoms with E-state index >= 15 is 0 Å². The predicted octanol–water partition coefficient (Wildman–Crippen LogP) is 1.65. The van der Waals surface area contributed by atoms with Gasteiger partial charge in [0.25, 0.3) is 5.91 Å². The Bertz CT molecular complexity index is 425. The van der Waals surface area contributed by atoms with Gasteiger partial charge in [0, 0.05) is 26.8 Å². The standard InChI is InChI=1S/C13H18N2O2/c1-14-13(16)11-8-10(17-9-4-5-9)6-7-12(11)15(2)3/h6-9H,4-5H2,1-3H3,(H,14,16). The minimum Gasteiger partial charge on any atom is -0.490 e. The molecule has 0 saturated heterocycles. The van der Waals surface area contributed by atoms with Gasteiger partial charge in [-0.15, -0.1) is 0 Å². The van der Waals surface area contributed by atoms with Gasteiger partial charge in [0.15, 0.2) is 0 Å². The van der Waals surface area contributed by atoms with Crippen LogP contribution in [0, 0.1) is 0 Å². The van der Waals surface area contributed by atoms with Crippen LogP contribution in [0.5, 0.6) is 5.75 Å². The molecule has 0 bridgehead atoms. The van der Waals surface area contributed by atoms with Crippen LogP contribution in [0.2, 0.25) is 0 Å². The number of nitrogens with one attached hydrogen (secondary N) is 1. The van der Waals surface area contributed by atoms with E-state index < -0.39 is 0 Å². The van der Waals surface area contributed by atoms with Crippen LogP contribution in [0.4, 0.5) is 5.69 Å². The maximum Gasteiger partial charge on any atom is 0.253 e. The highest BCUT2D eigenvalue weighted by molar-refractivity contribution is 6.00. The van der Waals surface area contributed by atoms with Gasteiger partial charge in [0.05, 0.1) is 11.7 Å². The van der Waals surface area contributed by atoms with E-state index in [-0.39, 0.29) is 5.91 Å². The van der Waals surface area contributed by atoms with Crippen LogP contribution in [0.3, 0.4) is 0 Å². The number of benzene rings is 1. The third-order valence-electron chi connectivity index (χ3n) is 2.75. The first-order valence-electron chi connectivity index (χ1n) is 5.82. The Kier molecular flexibility index (Phi) is 3.22. The average Bonchev–Trinajstić information content (AvgIpc) is 3.11. The number of nitrogens with zero attached hydrogens (tertiary/aromatic N) is 1. The molecule has 17 heavy (non-hydrogen) atoms. The normalized spacial score (nSPS) is 14.3. The zero-order valence-corrected chi connectivity index (χ0v) is 10.5. The summed E-state index contributed by atoms with van der Waals surface area (Å²) < 4.78 is 5.70. The van der Waals surface area contributed by atoms with E-state index in [9.17, 15) is 4.79 Å². The molecule has 0 heterocycles. The maximum atomic E-state index is 11.8. The number of hydrogen-bond acceptors (Lipinski definition) is 3. The highest BCUT2D eigenvalue weighted by Gasteiger charge is 2.24. The van der Waals surface area contributed by atoms with Crippen LogP contribution in [-0.2, 0) is 0 Å². The first-order valence-corrected chi connectivity index (χ1v) is 5.82. The summed E-state index contributed by atoms with van der Waals surface area (Å²) in [6.45, 7) is 0. The first kappa shape index (κ1) is 11.8. The Hall–Kier alpha value is -1.71. The minimum absolute atomic E-state index is 0.0880. The van der Waals surface area contributed by atoms with Gasteiger partial charge in [-0.05, 0) is 31.0 Å². The Morgan fingerprint density at radius 1 is 1.41 bits per heavy atom. The maximum absolute atomic E-state index is 11.8. The minimum atomic E-state index is -0.0880. The molecule has 1 fully saturated rings. The third kappa shape index (κ3) is 2.70. The fourth-order valence-corrected chi connectivity index (χ4v) is 1.67. The van der Waals surface area contributed by atoms with Crippen LogP contribution in [0.1, 0.15) is 23.2 Å². The van der Waals surface area contributed by atoms with Crippen LogP contribution >= 0.6 is 0 Å². The van der Waals surface area contributed by atoms with Gasteiger partial charge in [-0.1, -0.05) is 0 Å². The highest BCUT2D eigenvalue weighted by atomic mass is 16.5. The lowest BCUT2D eigenvalue weighted by Crippen LogP contribution is -2.22. The number of ether oxygens (including phenoxy) is 1. The molecular formula is C13H18N2O2. The average molecular weight is 234 g/mol. The van der Waals surface area contributed by atoms with E-state index in [1.807, 2.05) is 37.2 Å². The van der Waals surface area contributed by atoms with Crippen LogP contribution in [0.15, 0.2) is 18.2 Å². The van der Waals surface area contributed by atoms with E-state index in [1.54, 1.807) is 7.05 Å². The number of rotatable bonds is 4. The summed E-state index contributed by atoms with van der Waals surface area (Å²) in [4.78, 5) is 13.7. The van der Waals surface area contributed by atoms with Gasteiger partial charge in [-0.25, -0.2) is 0 Å². The monoisotopic (exact) mass is 234 g/mol. The Balaban J connectivity index is 2.30. The second-order valence-electron chi connectivity index (χ2n) is 4.47. The number of amides is 1. The highest BCUT2D eigenvalue weighted by Crippen LogP contribution is 2.30. The van der Waals surface area contributed by atoms with Crippen molar-refractivity contribution in [2.24, 2.45) is 0 Å². The van der Waals surface area contributed by atoms with Gasteiger partial charge in [-0.2, -0.15) is 0 Å². The summed E-state index contributed by atoms with van der Waals surface area (Å²) in [6, 6.07) is 5.65. The van der Waals surface area contributed by atoms with Crippen molar-refractivity contribution in [1.29, 1.82) is 0 Å². The van der Waals surface area contributed by atoms with Crippen LogP contribution in [0.25, 0.3) is 0 Å². The zero-order chi connectivity index (χ0) is 12.4. The fraction of sp³-hybridized carbons (Fsp3) is 0.462. The van der Waals surface area contributed by atoms with Gasteiger partial charge in [0.1, 0.15) is 5.75 Å². The smallest absolute Gasteiger partial charge is 0.253 e. The number of anilines is 1. The predicted molar refractivity (Wildman–Crippen MR) is 67.8 cm³/mol. The molecule has 1 N–H and O–H groups in total. The molecule has 4 heteroatoms. The molecule has 92 valence electrons. The first-order chi connectivity index (χ1) is 8.11. The topological polar surface area (TPSA) is 41.6 Å². The summed E-state index contributed by atoms with van der Waals surface area (Å²) in [5, 5.41) is 2.65. The third-order valence-corrected chi connectivity index (χ3v) is 2.75. The van der Waals surface area contributed by atoms with Crippen molar-refractivity contribution in [3.8, 4) is 5.75 Å². The molecule has 0 atom stereocenters. The lowest BCUT2D eigenvalue weighted by molar-refractivity contribution is 0.0963. The molecule has 0 spiro atoms. The molecule has 1 aromatic rings. The summed E-state index contributed by atoms with van der Waals surface area (Å²) in [6.07, 6.45) is 2.58. The molecule has 0 radical (unpaired) electrons. The summed E-state index contributed by atoms with van der Waals surface area (Å²) in [5.74, 6) is 0.687. The van der Waals surface area contributed by atoms with E-state index in [2.05, 4.69) is 5.32 Å². The second kappa shape index (κ2) is 4.65. The fourth-order valence-electron chi connectivity index (χ4n) is 1.67. The van der Waals surface area contributed by atoms with Crippen molar-refractivity contribution in [2.75, 3.05) is 26.0 Å². The van der Waals surface area contributed by atoms with Gasteiger partial charge >= 0.3 is 0 Å². The van der Waals surface area contributed by atoms with E-state index in [1.165, 1.54) is 0 Å². The molecule has 1 aromatic carbocycles. The molecule has 0 aliphatic heterocycles. The zero-order valence-electron chi connectivity index (χ0n) is 10.5. The Morgan fingerprint density at radius 3 is 2.65 bits per heavy atom. The molecule has 1 amide bonds. The molecule has 4 nitrogen and oxygen atoms in total. The molecule has 1 aliphatic carbocycles. The Morgan fingerprint density at radius 2 is 2.12 bits per heavy atom. The van der Waals surface area contributed by atoms with Crippen molar-refractivity contribution in [3.05, 3.63) is 23.8 Å². The van der Waals surface area contributed by atoms with E-state index in [0.717, 1.165) is 24.3 Å². The van der Waals surface area contributed by atoms with Gasteiger partial charge in [0.2, 0.25) is 0 Å². The summed E-state index contributed by atoms with van der Waals surface area (Å²) >= 11 is 0.